The topological polar surface area (TPSA) is 43.8 Å². The lowest BCUT2D eigenvalue weighted by Crippen LogP contribution is -2.15. The number of nitrogen functional groups attached to an aromatic ring is 1. The summed E-state index contributed by atoms with van der Waals surface area (Å²) in [6.45, 7) is 1.10. The fourth-order valence-electron chi connectivity index (χ4n) is 2.49. The van der Waals surface area contributed by atoms with Crippen LogP contribution < -0.4 is 5.73 Å². The molecule has 0 aliphatic carbocycles. The molecule has 0 radical (unpaired) electrons. The zero-order chi connectivity index (χ0) is 11.0. The normalized spacial score (nSPS) is 19.4. The van der Waals surface area contributed by atoms with Crippen LogP contribution in [0.25, 0.3) is 0 Å². The zero-order valence-electron chi connectivity index (χ0n) is 9.13. The molecule has 16 heavy (non-hydrogen) atoms. The summed E-state index contributed by atoms with van der Waals surface area (Å²) in [6, 6.07) is 8.21. The van der Waals surface area contributed by atoms with E-state index in [9.17, 15) is 0 Å². The lowest BCUT2D eigenvalue weighted by Gasteiger charge is -2.24. The first-order valence-electron chi connectivity index (χ1n) is 5.70. The van der Waals surface area contributed by atoms with Crippen LogP contribution in [0.5, 0.6) is 0 Å². The SMILES string of the molecule is Nc1ccc([C@@H]2CCCn3cncc32)cc1. The Morgan fingerprint density at radius 2 is 2.06 bits per heavy atom. The average molecular weight is 213 g/mol. The maximum atomic E-state index is 5.71. The number of aromatic nitrogens is 2. The van der Waals surface area contributed by atoms with Crippen LogP contribution in [0.3, 0.4) is 0 Å². The van der Waals surface area contributed by atoms with Gasteiger partial charge in [0.2, 0.25) is 0 Å². The maximum Gasteiger partial charge on any atom is 0.0948 e. The predicted molar refractivity (Wildman–Crippen MR) is 64.2 cm³/mol. The molecule has 3 rings (SSSR count). The molecule has 3 nitrogen and oxygen atoms in total. The number of fused-ring (bicyclic) bond motifs is 1. The first-order chi connectivity index (χ1) is 7.84. The first kappa shape index (κ1) is 9.46. The van der Waals surface area contributed by atoms with Crippen LogP contribution in [0.15, 0.2) is 36.8 Å². The highest BCUT2D eigenvalue weighted by Crippen LogP contribution is 2.33. The second-order valence-corrected chi connectivity index (χ2v) is 4.37. The van der Waals surface area contributed by atoms with Gasteiger partial charge in [-0.15, -0.1) is 0 Å². The van der Waals surface area contributed by atoms with E-state index in [1.54, 1.807) is 0 Å². The molecule has 0 saturated carbocycles. The number of rotatable bonds is 1. The number of hydrogen-bond acceptors (Lipinski definition) is 2. The highest BCUT2D eigenvalue weighted by Gasteiger charge is 2.21. The Labute approximate surface area is 94.9 Å². The first-order valence-corrected chi connectivity index (χ1v) is 5.70. The summed E-state index contributed by atoms with van der Waals surface area (Å²) in [4.78, 5) is 4.24. The molecule has 82 valence electrons. The van der Waals surface area contributed by atoms with Gasteiger partial charge in [0.05, 0.1) is 6.33 Å². The number of hydrogen-bond donors (Lipinski definition) is 1. The van der Waals surface area contributed by atoms with Gasteiger partial charge in [-0.1, -0.05) is 12.1 Å². The van der Waals surface area contributed by atoms with Gasteiger partial charge in [0.25, 0.3) is 0 Å². The van der Waals surface area contributed by atoms with Crippen molar-refractivity contribution >= 4 is 5.69 Å². The van der Waals surface area contributed by atoms with E-state index in [-0.39, 0.29) is 0 Å². The van der Waals surface area contributed by atoms with Crippen LogP contribution in [0.1, 0.15) is 30.0 Å². The molecule has 3 heteroatoms. The number of nitrogens with two attached hydrogens (primary N) is 1. The molecule has 2 aromatic rings. The summed E-state index contributed by atoms with van der Waals surface area (Å²) in [5.41, 5.74) is 9.21. The Balaban J connectivity index is 2.00. The molecule has 0 unspecified atom stereocenters. The van der Waals surface area contributed by atoms with Crippen LogP contribution in [0, 0.1) is 0 Å². The molecule has 2 N–H and O–H groups in total. The van der Waals surface area contributed by atoms with Crippen molar-refractivity contribution in [1.29, 1.82) is 0 Å². The molecule has 2 heterocycles. The van der Waals surface area contributed by atoms with Gasteiger partial charge in [0.1, 0.15) is 0 Å². The van der Waals surface area contributed by atoms with E-state index in [2.05, 4.69) is 21.7 Å². The van der Waals surface area contributed by atoms with Gasteiger partial charge >= 0.3 is 0 Å². The molecule has 0 amide bonds. The molecule has 0 saturated heterocycles. The van der Waals surface area contributed by atoms with Crippen molar-refractivity contribution in [2.75, 3.05) is 5.73 Å². The number of anilines is 1. The van der Waals surface area contributed by atoms with Crippen molar-refractivity contribution in [3.63, 3.8) is 0 Å². The standard InChI is InChI=1S/C13H15N3/c14-11-5-3-10(4-6-11)12-2-1-7-16-9-15-8-13(12)16/h3-6,8-9,12H,1-2,7,14H2/t12-/m0/s1. The van der Waals surface area contributed by atoms with E-state index >= 15 is 0 Å². The van der Waals surface area contributed by atoms with Crippen molar-refractivity contribution in [3.05, 3.63) is 48.0 Å². The third-order valence-corrected chi connectivity index (χ3v) is 3.33. The van der Waals surface area contributed by atoms with Crippen LogP contribution in [0.4, 0.5) is 5.69 Å². The molecule has 1 aliphatic heterocycles. The summed E-state index contributed by atoms with van der Waals surface area (Å²) in [5, 5.41) is 0. The third kappa shape index (κ3) is 1.48. The summed E-state index contributed by atoms with van der Waals surface area (Å²) >= 11 is 0. The number of imidazole rings is 1. The third-order valence-electron chi connectivity index (χ3n) is 3.33. The Kier molecular flexibility index (Phi) is 2.17. The van der Waals surface area contributed by atoms with Crippen molar-refractivity contribution in [1.82, 2.24) is 9.55 Å². The minimum atomic E-state index is 0.483. The van der Waals surface area contributed by atoms with Gasteiger partial charge in [0.15, 0.2) is 0 Å². The molecule has 0 fully saturated rings. The van der Waals surface area contributed by atoms with Crippen LogP contribution in [-0.4, -0.2) is 9.55 Å². The monoisotopic (exact) mass is 213 g/mol. The van der Waals surface area contributed by atoms with Crippen molar-refractivity contribution in [3.8, 4) is 0 Å². The Morgan fingerprint density at radius 1 is 1.25 bits per heavy atom. The van der Waals surface area contributed by atoms with Crippen LogP contribution >= 0.6 is 0 Å². The van der Waals surface area contributed by atoms with Gasteiger partial charge < -0.3 is 10.3 Å². The summed E-state index contributed by atoms with van der Waals surface area (Å²) in [7, 11) is 0. The van der Waals surface area contributed by atoms with Gasteiger partial charge in [-0.3, -0.25) is 0 Å². The molecular formula is C13H15N3. The van der Waals surface area contributed by atoms with Gasteiger partial charge in [-0.05, 0) is 30.5 Å². The quantitative estimate of drug-likeness (QED) is 0.739. The summed E-state index contributed by atoms with van der Waals surface area (Å²) < 4.78 is 2.25. The van der Waals surface area contributed by atoms with E-state index in [0.717, 1.165) is 12.2 Å². The molecule has 0 spiro atoms. The molecule has 1 aromatic carbocycles. The van der Waals surface area contributed by atoms with Crippen LogP contribution in [-0.2, 0) is 6.54 Å². The van der Waals surface area contributed by atoms with Crippen molar-refractivity contribution in [2.24, 2.45) is 0 Å². The molecule has 0 bridgehead atoms. The molecule has 1 atom stereocenters. The lowest BCUT2D eigenvalue weighted by atomic mass is 9.89. The molecule has 1 aliphatic rings. The van der Waals surface area contributed by atoms with E-state index in [0.29, 0.717) is 5.92 Å². The number of benzene rings is 1. The van der Waals surface area contributed by atoms with Gasteiger partial charge in [-0.2, -0.15) is 0 Å². The molecular weight excluding hydrogens is 198 g/mol. The van der Waals surface area contributed by atoms with E-state index in [1.807, 2.05) is 24.7 Å². The van der Waals surface area contributed by atoms with Gasteiger partial charge in [-0.25, -0.2) is 4.98 Å². The minimum absolute atomic E-state index is 0.483. The summed E-state index contributed by atoms with van der Waals surface area (Å²) in [6.07, 6.45) is 6.34. The zero-order valence-corrected chi connectivity index (χ0v) is 9.13. The predicted octanol–water partition coefficient (Wildman–Crippen LogP) is 2.39. The fourth-order valence-corrected chi connectivity index (χ4v) is 2.49. The Hall–Kier alpha value is -1.77. The average Bonchev–Trinajstić information content (AvgIpc) is 2.78. The van der Waals surface area contributed by atoms with E-state index in [4.69, 9.17) is 5.73 Å². The van der Waals surface area contributed by atoms with Crippen molar-refractivity contribution in [2.45, 2.75) is 25.3 Å². The van der Waals surface area contributed by atoms with Gasteiger partial charge in [0, 0.05) is 30.0 Å². The maximum absolute atomic E-state index is 5.71. The highest BCUT2D eigenvalue weighted by atomic mass is 15.1. The number of nitrogens with zero attached hydrogens (tertiary/aromatic N) is 2. The number of aryl methyl sites for hydroxylation is 1. The largest absolute Gasteiger partial charge is 0.399 e. The van der Waals surface area contributed by atoms with E-state index in [1.165, 1.54) is 24.1 Å². The van der Waals surface area contributed by atoms with E-state index < -0.39 is 0 Å². The lowest BCUT2D eigenvalue weighted by molar-refractivity contribution is 0.491. The molecule has 1 aromatic heterocycles. The fraction of sp³-hybridized carbons (Fsp3) is 0.308. The summed E-state index contributed by atoms with van der Waals surface area (Å²) in [5.74, 6) is 0.483. The second kappa shape index (κ2) is 3.67. The highest BCUT2D eigenvalue weighted by molar-refractivity contribution is 5.42. The second-order valence-electron chi connectivity index (χ2n) is 4.37. The van der Waals surface area contributed by atoms with Crippen molar-refractivity contribution < 1.29 is 0 Å². The Bertz CT molecular complexity index is 484. The van der Waals surface area contributed by atoms with Crippen LogP contribution in [0.2, 0.25) is 0 Å². The minimum Gasteiger partial charge on any atom is -0.399 e. The smallest absolute Gasteiger partial charge is 0.0948 e. The Morgan fingerprint density at radius 3 is 2.88 bits per heavy atom.